The van der Waals surface area contributed by atoms with E-state index in [2.05, 4.69) is 15.3 Å². The maximum Gasteiger partial charge on any atom is 0.308 e. The number of nitrogens with zero attached hydrogens (tertiary/aromatic N) is 3. The number of aromatic nitrogens is 2. The number of amides is 1. The number of anilines is 1. The summed E-state index contributed by atoms with van der Waals surface area (Å²) in [5.41, 5.74) is -0.160. The number of methoxy groups -OCH3 is 1. The molecule has 0 saturated carbocycles. The molecule has 2 aromatic heterocycles. The molecule has 0 radical (unpaired) electrons. The van der Waals surface area contributed by atoms with Crippen molar-refractivity contribution < 1.29 is 14.3 Å². The molecule has 0 bridgehead atoms. The van der Waals surface area contributed by atoms with Crippen molar-refractivity contribution in [2.24, 2.45) is 0 Å². The van der Waals surface area contributed by atoms with Crippen LogP contribution in [0.1, 0.15) is 29.4 Å². The van der Waals surface area contributed by atoms with E-state index in [0.717, 1.165) is 0 Å². The molecule has 2 rings (SSSR count). The first kappa shape index (κ1) is 19.7. The SMILES string of the molecule is COC(=O)C[C@@](C)(NC(=O)c1cc(Cl)nc(N(C)C)c1)c1ccccn1. The normalized spacial score (nSPS) is 12.8. The Morgan fingerprint density at radius 2 is 2.04 bits per heavy atom. The molecule has 26 heavy (non-hydrogen) atoms. The van der Waals surface area contributed by atoms with Gasteiger partial charge < -0.3 is 15.0 Å². The number of hydrogen-bond donors (Lipinski definition) is 1. The van der Waals surface area contributed by atoms with Crippen LogP contribution in [-0.2, 0) is 15.1 Å². The van der Waals surface area contributed by atoms with Crippen LogP contribution in [0.25, 0.3) is 0 Å². The first-order chi connectivity index (χ1) is 12.2. The number of nitrogens with one attached hydrogen (secondary N) is 1. The molecule has 7 nitrogen and oxygen atoms in total. The Bertz CT molecular complexity index is 798. The average molecular weight is 377 g/mol. The number of carbonyl (C=O) groups excluding carboxylic acids is 2. The van der Waals surface area contributed by atoms with Crippen LogP contribution in [0.3, 0.4) is 0 Å². The zero-order chi connectivity index (χ0) is 19.3. The van der Waals surface area contributed by atoms with E-state index in [4.69, 9.17) is 16.3 Å². The summed E-state index contributed by atoms with van der Waals surface area (Å²) >= 11 is 6.03. The van der Waals surface area contributed by atoms with Gasteiger partial charge in [-0.25, -0.2) is 4.98 Å². The lowest BCUT2D eigenvalue weighted by atomic mass is 9.92. The molecule has 0 aliphatic rings. The summed E-state index contributed by atoms with van der Waals surface area (Å²) in [6.07, 6.45) is 1.54. The topological polar surface area (TPSA) is 84.4 Å². The monoisotopic (exact) mass is 376 g/mol. The van der Waals surface area contributed by atoms with Crippen LogP contribution < -0.4 is 10.2 Å². The fraction of sp³-hybridized carbons (Fsp3) is 0.333. The quantitative estimate of drug-likeness (QED) is 0.615. The summed E-state index contributed by atoms with van der Waals surface area (Å²) in [7, 11) is 4.90. The molecule has 2 heterocycles. The minimum Gasteiger partial charge on any atom is -0.469 e. The van der Waals surface area contributed by atoms with E-state index in [1.165, 1.54) is 13.2 Å². The Balaban J connectivity index is 2.36. The van der Waals surface area contributed by atoms with E-state index < -0.39 is 17.4 Å². The minimum absolute atomic E-state index is 0.0639. The summed E-state index contributed by atoms with van der Waals surface area (Å²) < 4.78 is 4.77. The number of ether oxygens (including phenoxy) is 1. The highest BCUT2D eigenvalue weighted by atomic mass is 35.5. The van der Waals surface area contributed by atoms with Gasteiger partial charge in [-0.3, -0.25) is 14.6 Å². The Labute approximate surface area is 157 Å². The maximum absolute atomic E-state index is 12.8. The predicted molar refractivity (Wildman–Crippen MR) is 99.3 cm³/mol. The largest absolute Gasteiger partial charge is 0.469 e. The highest BCUT2D eigenvalue weighted by molar-refractivity contribution is 6.29. The Hall–Kier alpha value is -2.67. The van der Waals surface area contributed by atoms with Crippen molar-refractivity contribution in [2.75, 3.05) is 26.1 Å². The highest BCUT2D eigenvalue weighted by Crippen LogP contribution is 2.25. The van der Waals surface area contributed by atoms with Crippen molar-refractivity contribution in [3.05, 3.63) is 52.9 Å². The van der Waals surface area contributed by atoms with Gasteiger partial charge in [0.2, 0.25) is 0 Å². The van der Waals surface area contributed by atoms with Gasteiger partial charge >= 0.3 is 5.97 Å². The lowest BCUT2D eigenvalue weighted by Gasteiger charge is -2.29. The number of esters is 1. The average Bonchev–Trinajstić information content (AvgIpc) is 2.61. The van der Waals surface area contributed by atoms with Crippen molar-refractivity contribution in [1.82, 2.24) is 15.3 Å². The summed E-state index contributed by atoms with van der Waals surface area (Å²) in [4.78, 5) is 34.9. The summed E-state index contributed by atoms with van der Waals surface area (Å²) in [5, 5.41) is 3.08. The standard InChI is InChI=1S/C18H21ClN4O3/c1-18(11-16(24)26-4,13-7-5-6-8-20-13)22-17(25)12-9-14(19)21-15(10-12)23(2)3/h5-10H,11H2,1-4H3,(H,22,25)/t18-/m1/s1. The van der Waals surface area contributed by atoms with Gasteiger partial charge in [-0.1, -0.05) is 17.7 Å². The van der Waals surface area contributed by atoms with E-state index in [0.29, 0.717) is 17.1 Å². The van der Waals surface area contributed by atoms with Gasteiger partial charge in [0.15, 0.2) is 0 Å². The zero-order valence-electron chi connectivity index (χ0n) is 15.1. The van der Waals surface area contributed by atoms with E-state index in [1.807, 2.05) is 0 Å². The molecule has 8 heteroatoms. The minimum atomic E-state index is -1.04. The van der Waals surface area contributed by atoms with E-state index in [-0.39, 0.29) is 11.6 Å². The zero-order valence-corrected chi connectivity index (χ0v) is 15.9. The van der Waals surface area contributed by atoms with E-state index >= 15 is 0 Å². The van der Waals surface area contributed by atoms with Crippen LogP contribution in [0.2, 0.25) is 5.15 Å². The molecule has 0 saturated heterocycles. The van der Waals surface area contributed by atoms with Crippen LogP contribution in [0, 0.1) is 0 Å². The molecule has 138 valence electrons. The number of halogens is 1. The van der Waals surface area contributed by atoms with Gasteiger partial charge in [-0.2, -0.15) is 0 Å². The summed E-state index contributed by atoms with van der Waals surface area (Å²) in [5.74, 6) is -0.301. The Morgan fingerprint density at radius 1 is 1.31 bits per heavy atom. The second kappa shape index (κ2) is 8.14. The van der Waals surface area contributed by atoms with Crippen LogP contribution in [-0.4, -0.2) is 43.0 Å². The molecule has 0 aliphatic heterocycles. The lowest BCUT2D eigenvalue weighted by molar-refractivity contribution is -0.142. The summed E-state index contributed by atoms with van der Waals surface area (Å²) in [6, 6.07) is 8.39. The maximum atomic E-state index is 12.8. The van der Waals surface area contributed by atoms with Gasteiger partial charge in [0, 0.05) is 25.9 Å². The second-order valence-corrected chi connectivity index (χ2v) is 6.57. The van der Waals surface area contributed by atoms with E-state index in [9.17, 15) is 9.59 Å². The van der Waals surface area contributed by atoms with Crippen LogP contribution in [0.4, 0.5) is 5.82 Å². The molecule has 0 aliphatic carbocycles. The predicted octanol–water partition coefficient (Wildman–Crippen LogP) is 2.40. The number of pyridine rings is 2. The molecule has 1 amide bonds. The number of rotatable bonds is 6. The molecule has 2 aromatic rings. The van der Waals surface area contributed by atoms with Gasteiger partial charge in [-0.15, -0.1) is 0 Å². The van der Waals surface area contributed by atoms with Crippen molar-refractivity contribution in [1.29, 1.82) is 0 Å². The Morgan fingerprint density at radius 3 is 2.62 bits per heavy atom. The molecule has 0 spiro atoms. The molecule has 1 N–H and O–H groups in total. The summed E-state index contributed by atoms with van der Waals surface area (Å²) in [6.45, 7) is 1.72. The van der Waals surface area contributed by atoms with Crippen LogP contribution in [0.15, 0.2) is 36.5 Å². The fourth-order valence-corrected chi connectivity index (χ4v) is 2.62. The van der Waals surface area contributed by atoms with Crippen LogP contribution >= 0.6 is 11.6 Å². The third-order valence-corrected chi connectivity index (χ3v) is 4.04. The number of carbonyl (C=O) groups is 2. The number of hydrogen-bond acceptors (Lipinski definition) is 6. The van der Waals surface area contributed by atoms with Crippen LogP contribution in [0.5, 0.6) is 0 Å². The van der Waals surface area contributed by atoms with Gasteiger partial charge in [-0.05, 0) is 31.2 Å². The first-order valence-corrected chi connectivity index (χ1v) is 8.29. The smallest absolute Gasteiger partial charge is 0.308 e. The fourth-order valence-electron chi connectivity index (χ4n) is 2.41. The Kier molecular flexibility index (Phi) is 6.15. The molecular weight excluding hydrogens is 356 g/mol. The van der Waals surface area contributed by atoms with Crippen molar-refractivity contribution in [3.8, 4) is 0 Å². The lowest BCUT2D eigenvalue weighted by Crippen LogP contribution is -2.45. The third-order valence-electron chi connectivity index (χ3n) is 3.85. The van der Waals surface area contributed by atoms with Gasteiger partial charge in [0.1, 0.15) is 11.0 Å². The molecule has 0 aromatic carbocycles. The van der Waals surface area contributed by atoms with E-state index in [1.54, 1.807) is 56.4 Å². The van der Waals surface area contributed by atoms with Crippen molar-refractivity contribution in [2.45, 2.75) is 18.9 Å². The highest BCUT2D eigenvalue weighted by Gasteiger charge is 2.33. The molecule has 0 fully saturated rings. The van der Waals surface area contributed by atoms with Gasteiger partial charge in [0.05, 0.1) is 24.8 Å². The third kappa shape index (κ3) is 4.70. The van der Waals surface area contributed by atoms with Crippen molar-refractivity contribution in [3.63, 3.8) is 0 Å². The van der Waals surface area contributed by atoms with Crippen molar-refractivity contribution >= 4 is 29.3 Å². The first-order valence-electron chi connectivity index (χ1n) is 7.91. The molecule has 0 unspecified atom stereocenters. The molecule has 1 atom stereocenters. The second-order valence-electron chi connectivity index (χ2n) is 6.19. The molecular formula is C18H21ClN4O3. The van der Waals surface area contributed by atoms with Gasteiger partial charge in [0.25, 0.3) is 5.91 Å².